The molecule has 0 spiro atoms. The molecular weight excluding hydrogens is 212 g/mol. The number of carbonyl (C=O) groups is 1. The van der Waals surface area contributed by atoms with Crippen LogP contribution in [0, 0.1) is 0 Å². The Hall–Kier alpha value is -1.01. The molecule has 3 N–H and O–H groups in total. The Bertz CT molecular complexity index is 326. The molecule has 1 amide bonds. The van der Waals surface area contributed by atoms with Gasteiger partial charge in [-0.2, -0.15) is 0 Å². The van der Waals surface area contributed by atoms with Gasteiger partial charge in [0.2, 0.25) is 11.0 Å². The van der Waals surface area contributed by atoms with Crippen LogP contribution in [0.4, 0.5) is 5.13 Å². The molecule has 0 fully saturated rings. The molecule has 15 heavy (non-hydrogen) atoms. The quantitative estimate of drug-likeness (QED) is 0.792. The van der Waals surface area contributed by atoms with Crippen LogP contribution in [0.25, 0.3) is 0 Å². The average molecular weight is 228 g/mol. The number of nitrogens with zero attached hydrogens (tertiary/aromatic N) is 2. The molecule has 0 saturated heterocycles. The van der Waals surface area contributed by atoms with Crippen molar-refractivity contribution in [3.63, 3.8) is 0 Å². The van der Waals surface area contributed by atoms with E-state index in [0.717, 1.165) is 17.8 Å². The molecule has 0 bridgehead atoms. The van der Waals surface area contributed by atoms with Crippen LogP contribution >= 0.6 is 11.3 Å². The van der Waals surface area contributed by atoms with Gasteiger partial charge in [-0.05, 0) is 12.8 Å². The molecule has 0 aliphatic rings. The lowest BCUT2D eigenvalue weighted by Gasteiger charge is -2.06. The summed E-state index contributed by atoms with van der Waals surface area (Å²) in [6.45, 7) is 3.94. The molecule has 1 atom stereocenters. The fourth-order valence-corrected chi connectivity index (χ4v) is 1.85. The maximum Gasteiger partial charge on any atom is 0.243 e. The summed E-state index contributed by atoms with van der Waals surface area (Å²) in [7, 11) is 0. The molecule has 5 nitrogen and oxygen atoms in total. The Morgan fingerprint density at radius 3 is 2.87 bits per heavy atom. The molecule has 1 heterocycles. The molecular formula is C9H16N4OS. The standard InChI is InChI=1S/C9H16N4OS/c1-3-5-7-12-13-9(15-7)11-8(14)6(10)4-2/h6H,3-5,10H2,1-2H3,(H,11,13,14)/t6-/m0/s1. The minimum atomic E-state index is -0.469. The summed E-state index contributed by atoms with van der Waals surface area (Å²) < 4.78 is 0. The number of aryl methyl sites for hydroxylation is 1. The predicted molar refractivity (Wildman–Crippen MR) is 60.8 cm³/mol. The van der Waals surface area contributed by atoms with Crippen molar-refractivity contribution in [3.05, 3.63) is 5.01 Å². The number of hydrogen-bond donors (Lipinski definition) is 2. The van der Waals surface area contributed by atoms with E-state index in [2.05, 4.69) is 22.4 Å². The molecule has 1 rings (SSSR count). The van der Waals surface area contributed by atoms with E-state index in [1.807, 2.05) is 6.92 Å². The average Bonchev–Trinajstić information content (AvgIpc) is 2.65. The van der Waals surface area contributed by atoms with Crippen LogP contribution in [0.1, 0.15) is 31.7 Å². The third kappa shape index (κ3) is 3.56. The number of hydrogen-bond acceptors (Lipinski definition) is 5. The summed E-state index contributed by atoms with van der Waals surface area (Å²) >= 11 is 1.40. The van der Waals surface area contributed by atoms with Gasteiger partial charge in [0, 0.05) is 6.42 Å². The first kappa shape index (κ1) is 12.1. The number of carbonyl (C=O) groups excluding carboxylic acids is 1. The predicted octanol–water partition coefficient (Wildman–Crippen LogP) is 1.17. The molecule has 1 aromatic rings. The van der Waals surface area contributed by atoms with E-state index >= 15 is 0 Å². The molecule has 0 aromatic carbocycles. The Balaban J connectivity index is 2.53. The molecule has 0 aliphatic carbocycles. The summed E-state index contributed by atoms with van der Waals surface area (Å²) in [5.41, 5.74) is 5.57. The second-order valence-electron chi connectivity index (χ2n) is 3.25. The highest BCUT2D eigenvalue weighted by Gasteiger charge is 2.13. The summed E-state index contributed by atoms with van der Waals surface area (Å²) in [6.07, 6.45) is 2.54. The van der Waals surface area contributed by atoms with Crippen molar-refractivity contribution in [2.75, 3.05) is 5.32 Å². The van der Waals surface area contributed by atoms with E-state index in [1.54, 1.807) is 0 Å². The third-order valence-corrected chi connectivity index (χ3v) is 2.84. The number of rotatable bonds is 5. The van der Waals surface area contributed by atoms with E-state index in [4.69, 9.17) is 5.73 Å². The van der Waals surface area contributed by atoms with Gasteiger partial charge in [0.15, 0.2) is 0 Å². The lowest BCUT2D eigenvalue weighted by atomic mass is 10.2. The second kappa shape index (κ2) is 5.77. The highest BCUT2D eigenvalue weighted by atomic mass is 32.1. The van der Waals surface area contributed by atoms with Gasteiger partial charge in [-0.3, -0.25) is 10.1 Å². The van der Waals surface area contributed by atoms with Crippen molar-refractivity contribution >= 4 is 22.4 Å². The third-order valence-electron chi connectivity index (χ3n) is 1.94. The summed E-state index contributed by atoms with van der Waals surface area (Å²) in [4.78, 5) is 11.4. The van der Waals surface area contributed by atoms with Crippen LogP contribution in [0.2, 0.25) is 0 Å². The van der Waals surface area contributed by atoms with Gasteiger partial charge in [-0.25, -0.2) is 0 Å². The first-order chi connectivity index (χ1) is 7.17. The maximum absolute atomic E-state index is 11.4. The summed E-state index contributed by atoms with van der Waals surface area (Å²) in [5.74, 6) is -0.198. The number of nitrogens with one attached hydrogen (secondary N) is 1. The first-order valence-electron chi connectivity index (χ1n) is 5.06. The van der Waals surface area contributed by atoms with Crippen LogP contribution in [0.5, 0.6) is 0 Å². The van der Waals surface area contributed by atoms with Crippen LogP contribution < -0.4 is 11.1 Å². The molecule has 6 heteroatoms. The number of anilines is 1. The van der Waals surface area contributed by atoms with Crippen molar-refractivity contribution in [2.24, 2.45) is 5.73 Å². The van der Waals surface area contributed by atoms with Gasteiger partial charge in [-0.15, -0.1) is 10.2 Å². The topological polar surface area (TPSA) is 80.9 Å². The van der Waals surface area contributed by atoms with E-state index in [1.165, 1.54) is 11.3 Å². The van der Waals surface area contributed by atoms with Crippen LogP contribution in [-0.4, -0.2) is 22.1 Å². The Morgan fingerprint density at radius 2 is 2.27 bits per heavy atom. The number of nitrogens with two attached hydrogens (primary N) is 1. The van der Waals surface area contributed by atoms with Crippen LogP contribution in [0.3, 0.4) is 0 Å². The largest absolute Gasteiger partial charge is 0.320 e. The van der Waals surface area contributed by atoms with Gasteiger partial charge in [0.1, 0.15) is 5.01 Å². The van der Waals surface area contributed by atoms with E-state index in [9.17, 15) is 4.79 Å². The molecule has 0 radical (unpaired) electrons. The van der Waals surface area contributed by atoms with Crippen molar-refractivity contribution in [1.29, 1.82) is 0 Å². The van der Waals surface area contributed by atoms with Gasteiger partial charge < -0.3 is 5.73 Å². The van der Waals surface area contributed by atoms with Gasteiger partial charge >= 0.3 is 0 Å². The zero-order chi connectivity index (χ0) is 11.3. The molecule has 84 valence electrons. The minimum absolute atomic E-state index is 0.198. The van der Waals surface area contributed by atoms with Gasteiger partial charge in [0.05, 0.1) is 6.04 Å². The monoisotopic (exact) mass is 228 g/mol. The van der Waals surface area contributed by atoms with Crippen molar-refractivity contribution < 1.29 is 4.79 Å². The Kier molecular flexibility index (Phi) is 4.64. The van der Waals surface area contributed by atoms with Crippen molar-refractivity contribution in [1.82, 2.24) is 10.2 Å². The first-order valence-corrected chi connectivity index (χ1v) is 5.87. The Morgan fingerprint density at radius 1 is 1.53 bits per heavy atom. The number of amides is 1. The summed E-state index contributed by atoms with van der Waals surface area (Å²) in [5, 5.41) is 12.0. The highest BCUT2D eigenvalue weighted by Crippen LogP contribution is 2.16. The lowest BCUT2D eigenvalue weighted by molar-refractivity contribution is -0.117. The second-order valence-corrected chi connectivity index (χ2v) is 4.32. The fraction of sp³-hybridized carbons (Fsp3) is 0.667. The van der Waals surface area contributed by atoms with Crippen LogP contribution in [-0.2, 0) is 11.2 Å². The zero-order valence-corrected chi connectivity index (χ0v) is 9.80. The van der Waals surface area contributed by atoms with Crippen LogP contribution in [0.15, 0.2) is 0 Å². The van der Waals surface area contributed by atoms with Crippen molar-refractivity contribution in [3.8, 4) is 0 Å². The lowest BCUT2D eigenvalue weighted by Crippen LogP contribution is -2.34. The molecule has 1 aromatic heterocycles. The van der Waals surface area contributed by atoms with E-state index < -0.39 is 6.04 Å². The maximum atomic E-state index is 11.4. The highest BCUT2D eigenvalue weighted by molar-refractivity contribution is 7.15. The molecule has 0 unspecified atom stereocenters. The van der Waals surface area contributed by atoms with Crippen molar-refractivity contribution in [2.45, 2.75) is 39.2 Å². The Labute approximate surface area is 93.1 Å². The fourth-order valence-electron chi connectivity index (χ4n) is 1.00. The number of aromatic nitrogens is 2. The van der Waals surface area contributed by atoms with Gasteiger partial charge in [-0.1, -0.05) is 25.2 Å². The van der Waals surface area contributed by atoms with E-state index in [0.29, 0.717) is 11.6 Å². The zero-order valence-electron chi connectivity index (χ0n) is 8.99. The molecule has 0 saturated carbocycles. The molecule has 0 aliphatic heterocycles. The van der Waals surface area contributed by atoms with E-state index in [-0.39, 0.29) is 5.91 Å². The normalized spacial score (nSPS) is 12.5. The smallest absolute Gasteiger partial charge is 0.243 e. The minimum Gasteiger partial charge on any atom is -0.320 e. The SMILES string of the molecule is CCCc1nnc(NC(=O)[C@@H](N)CC)s1. The van der Waals surface area contributed by atoms with Gasteiger partial charge in [0.25, 0.3) is 0 Å². The summed E-state index contributed by atoms with van der Waals surface area (Å²) in [6, 6.07) is -0.469.